The second kappa shape index (κ2) is 4.56. The molecule has 0 saturated heterocycles. The van der Waals surface area contributed by atoms with Gasteiger partial charge in [-0.05, 0) is 6.07 Å². The summed E-state index contributed by atoms with van der Waals surface area (Å²) in [5.74, 6) is 0.963. The van der Waals surface area contributed by atoms with E-state index in [0.29, 0.717) is 12.1 Å². The largest absolute Gasteiger partial charge is 0.409 e. The topological polar surface area (TPSA) is 105 Å². The number of fused-ring (bicyclic) bond motifs is 1. The van der Waals surface area contributed by atoms with Crippen LogP contribution in [0, 0.1) is 0 Å². The van der Waals surface area contributed by atoms with E-state index in [1.54, 1.807) is 24.8 Å². The smallest absolute Gasteiger partial charge is 0.172 e. The highest BCUT2D eigenvalue weighted by Gasteiger charge is 2.21. The van der Waals surface area contributed by atoms with Crippen LogP contribution in [0.5, 0.6) is 0 Å². The molecule has 2 aromatic rings. The first kappa shape index (κ1) is 11.5. The van der Waals surface area contributed by atoms with Crippen molar-refractivity contribution in [3.63, 3.8) is 0 Å². The SMILES string of the molecule is N/C(=N/O)c1ccncc1N1CCn2cnnc2C1. The Morgan fingerprint density at radius 3 is 3.16 bits per heavy atom. The Bertz CT molecular complexity index is 621. The molecule has 8 heteroatoms. The Balaban J connectivity index is 1.96. The molecular formula is C11H13N7O. The molecule has 0 aliphatic carbocycles. The Hall–Kier alpha value is -2.64. The van der Waals surface area contributed by atoms with E-state index in [-0.39, 0.29) is 5.84 Å². The van der Waals surface area contributed by atoms with Gasteiger partial charge in [0, 0.05) is 24.8 Å². The summed E-state index contributed by atoms with van der Waals surface area (Å²) in [6, 6.07) is 1.73. The van der Waals surface area contributed by atoms with Crippen LogP contribution in [-0.2, 0) is 13.1 Å². The molecular weight excluding hydrogens is 246 g/mol. The normalized spacial score (nSPS) is 15.4. The Kier molecular flexibility index (Phi) is 2.75. The van der Waals surface area contributed by atoms with Gasteiger partial charge >= 0.3 is 0 Å². The summed E-state index contributed by atoms with van der Waals surface area (Å²) in [6.07, 6.45) is 5.04. The van der Waals surface area contributed by atoms with Crippen LogP contribution in [0.1, 0.15) is 11.4 Å². The quantitative estimate of drug-likeness (QED) is 0.334. The molecule has 0 radical (unpaired) electrons. The minimum Gasteiger partial charge on any atom is -0.409 e. The van der Waals surface area contributed by atoms with Crippen molar-refractivity contribution in [1.29, 1.82) is 0 Å². The molecule has 0 bridgehead atoms. The number of hydrogen-bond acceptors (Lipinski definition) is 6. The monoisotopic (exact) mass is 259 g/mol. The van der Waals surface area contributed by atoms with Crippen LogP contribution in [0.25, 0.3) is 0 Å². The zero-order valence-corrected chi connectivity index (χ0v) is 10.1. The van der Waals surface area contributed by atoms with E-state index in [1.807, 2.05) is 4.57 Å². The van der Waals surface area contributed by atoms with Gasteiger partial charge in [-0.1, -0.05) is 5.16 Å². The van der Waals surface area contributed by atoms with Crippen LogP contribution < -0.4 is 10.6 Å². The second-order valence-corrected chi connectivity index (χ2v) is 4.24. The molecule has 0 unspecified atom stereocenters. The fraction of sp³-hybridized carbons (Fsp3) is 0.273. The van der Waals surface area contributed by atoms with E-state index in [9.17, 15) is 0 Å². The van der Waals surface area contributed by atoms with Crippen LogP contribution in [0.3, 0.4) is 0 Å². The third kappa shape index (κ3) is 1.96. The van der Waals surface area contributed by atoms with Crippen molar-refractivity contribution in [2.75, 3.05) is 11.4 Å². The maximum absolute atomic E-state index is 8.83. The molecule has 0 fully saturated rings. The number of oxime groups is 1. The van der Waals surface area contributed by atoms with E-state index in [1.165, 1.54) is 0 Å². The van der Waals surface area contributed by atoms with Crippen LogP contribution >= 0.6 is 0 Å². The third-order valence-corrected chi connectivity index (χ3v) is 3.16. The van der Waals surface area contributed by atoms with Crippen LogP contribution in [0.2, 0.25) is 0 Å². The molecule has 0 saturated carbocycles. The summed E-state index contributed by atoms with van der Waals surface area (Å²) in [5.41, 5.74) is 7.17. The molecule has 3 N–H and O–H groups in total. The molecule has 3 heterocycles. The number of nitrogens with zero attached hydrogens (tertiary/aromatic N) is 6. The highest BCUT2D eigenvalue weighted by molar-refractivity contribution is 6.02. The first-order chi connectivity index (χ1) is 9.29. The number of rotatable bonds is 2. The number of aromatic nitrogens is 4. The number of anilines is 1. The van der Waals surface area contributed by atoms with E-state index >= 15 is 0 Å². The van der Waals surface area contributed by atoms with Crippen LogP contribution in [0.15, 0.2) is 29.9 Å². The predicted octanol–water partition coefficient (Wildman–Crippen LogP) is -0.212. The molecule has 0 amide bonds. The summed E-state index contributed by atoms with van der Waals surface area (Å²) in [7, 11) is 0. The van der Waals surface area contributed by atoms with Gasteiger partial charge in [-0.25, -0.2) is 0 Å². The van der Waals surface area contributed by atoms with Crippen molar-refractivity contribution < 1.29 is 5.21 Å². The lowest BCUT2D eigenvalue weighted by atomic mass is 10.1. The molecule has 0 aromatic carbocycles. The maximum Gasteiger partial charge on any atom is 0.172 e. The van der Waals surface area contributed by atoms with E-state index < -0.39 is 0 Å². The molecule has 1 aliphatic rings. The number of pyridine rings is 1. The van der Waals surface area contributed by atoms with Crippen LogP contribution in [0.4, 0.5) is 5.69 Å². The number of amidine groups is 1. The summed E-state index contributed by atoms with van der Waals surface area (Å²) in [6.45, 7) is 2.21. The molecule has 19 heavy (non-hydrogen) atoms. The van der Waals surface area contributed by atoms with E-state index in [4.69, 9.17) is 10.9 Å². The highest BCUT2D eigenvalue weighted by atomic mass is 16.4. The van der Waals surface area contributed by atoms with E-state index in [0.717, 1.165) is 24.6 Å². The van der Waals surface area contributed by atoms with Crippen molar-refractivity contribution in [3.05, 3.63) is 36.2 Å². The molecule has 8 nitrogen and oxygen atoms in total. The summed E-state index contributed by atoms with van der Waals surface area (Å²) in [4.78, 5) is 6.19. The summed E-state index contributed by atoms with van der Waals surface area (Å²) >= 11 is 0. The van der Waals surface area contributed by atoms with Crippen molar-refractivity contribution in [2.45, 2.75) is 13.1 Å². The van der Waals surface area contributed by atoms with Gasteiger partial charge < -0.3 is 20.4 Å². The van der Waals surface area contributed by atoms with E-state index in [2.05, 4.69) is 25.2 Å². The number of hydrogen-bond donors (Lipinski definition) is 2. The Labute approximate surface area is 109 Å². The second-order valence-electron chi connectivity index (χ2n) is 4.24. The summed E-state index contributed by atoms with van der Waals surface area (Å²) < 4.78 is 2.01. The fourth-order valence-electron chi connectivity index (χ4n) is 2.18. The minimum absolute atomic E-state index is 0.0736. The van der Waals surface area contributed by atoms with Gasteiger partial charge in [-0.3, -0.25) is 4.98 Å². The average Bonchev–Trinajstić information content (AvgIpc) is 2.93. The molecule has 2 aromatic heterocycles. The molecule has 0 spiro atoms. The first-order valence-corrected chi connectivity index (χ1v) is 5.83. The first-order valence-electron chi connectivity index (χ1n) is 5.83. The lowest BCUT2D eigenvalue weighted by Crippen LogP contribution is -2.35. The molecule has 98 valence electrons. The molecule has 1 aliphatic heterocycles. The Morgan fingerprint density at radius 1 is 1.42 bits per heavy atom. The number of nitrogens with two attached hydrogens (primary N) is 1. The zero-order valence-electron chi connectivity index (χ0n) is 10.1. The lowest BCUT2D eigenvalue weighted by Gasteiger charge is -2.29. The van der Waals surface area contributed by atoms with Gasteiger partial charge in [-0.2, -0.15) is 0 Å². The van der Waals surface area contributed by atoms with Gasteiger partial charge in [-0.15, -0.1) is 10.2 Å². The van der Waals surface area contributed by atoms with Gasteiger partial charge in [0.25, 0.3) is 0 Å². The van der Waals surface area contributed by atoms with Gasteiger partial charge in [0.15, 0.2) is 11.7 Å². The zero-order chi connectivity index (χ0) is 13.2. The predicted molar refractivity (Wildman–Crippen MR) is 67.8 cm³/mol. The standard InChI is InChI=1S/C11H13N7O/c12-11(16-19)8-1-2-13-5-9(8)17-3-4-18-7-14-15-10(18)6-17/h1-2,5,7,19H,3-4,6H2,(H2,12,16). The Morgan fingerprint density at radius 2 is 2.32 bits per heavy atom. The average molecular weight is 259 g/mol. The molecule has 3 rings (SSSR count). The van der Waals surface area contributed by atoms with Crippen molar-refractivity contribution in [2.24, 2.45) is 10.9 Å². The van der Waals surface area contributed by atoms with Gasteiger partial charge in [0.05, 0.1) is 18.4 Å². The van der Waals surface area contributed by atoms with Crippen LogP contribution in [-0.4, -0.2) is 37.3 Å². The minimum atomic E-state index is 0.0736. The van der Waals surface area contributed by atoms with Crippen molar-refractivity contribution in [3.8, 4) is 0 Å². The highest BCUT2D eigenvalue weighted by Crippen LogP contribution is 2.23. The van der Waals surface area contributed by atoms with Gasteiger partial charge in [0.2, 0.25) is 0 Å². The van der Waals surface area contributed by atoms with Crippen molar-refractivity contribution in [1.82, 2.24) is 19.7 Å². The fourth-order valence-corrected chi connectivity index (χ4v) is 2.18. The molecule has 0 atom stereocenters. The maximum atomic E-state index is 8.83. The summed E-state index contributed by atoms with van der Waals surface area (Å²) in [5, 5.41) is 19.8. The van der Waals surface area contributed by atoms with Crippen molar-refractivity contribution >= 4 is 11.5 Å². The lowest BCUT2D eigenvalue weighted by molar-refractivity contribution is 0.318. The third-order valence-electron chi connectivity index (χ3n) is 3.16. The van der Waals surface area contributed by atoms with Gasteiger partial charge in [0.1, 0.15) is 6.33 Å².